The lowest BCUT2D eigenvalue weighted by atomic mass is 9.97. The average Bonchev–Trinajstić information content (AvgIpc) is 3.22. The van der Waals surface area contributed by atoms with Gasteiger partial charge in [-0.15, -0.1) is 11.3 Å². The highest BCUT2D eigenvalue weighted by Gasteiger charge is 2.28. The molecule has 3 rings (SSSR count). The van der Waals surface area contributed by atoms with Gasteiger partial charge in [-0.3, -0.25) is 4.79 Å². The van der Waals surface area contributed by atoms with Gasteiger partial charge in [0.05, 0.1) is 7.11 Å². The highest BCUT2D eigenvalue weighted by molar-refractivity contribution is 7.13. The quantitative estimate of drug-likeness (QED) is 0.676. The Morgan fingerprint density at radius 2 is 1.97 bits per heavy atom. The molecule has 0 N–H and O–H groups in total. The molecule has 0 bridgehead atoms. The van der Waals surface area contributed by atoms with Gasteiger partial charge in [-0.05, 0) is 63.8 Å². The summed E-state index contributed by atoms with van der Waals surface area (Å²) in [5.41, 5.74) is 0.906. The molecule has 1 fully saturated rings. The predicted octanol–water partition coefficient (Wildman–Crippen LogP) is 4.54. The van der Waals surface area contributed by atoms with E-state index in [1.165, 1.54) is 11.3 Å². The van der Waals surface area contributed by atoms with E-state index in [0.29, 0.717) is 25.3 Å². The molecule has 2 heterocycles. The van der Waals surface area contributed by atoms with E-state index in [2.05, 4.69) is 4.98 Å². The molecule has 1 aromatic heterocycles. The van der Waals surface area contributed by atoms with Crippen molar-refractivity contribution in [2.75, 3.05) is 33.8 Å². The van der Waals surface area contributed by atoms with Gasteiger partial charge in [-0.25, -0.2) is 9.78 Å². The molecular formula is C23H31N3O4S. The van der Waals surface area contributed by atoms with Crippen LogP contribution in [0.25, 0.3) is 10.6 Å². The number of nitrogens with zero attached hydrogens (tertiary/aromatic N) is 3. The maximum Gasteiger partial charge on any atom is 0.410 e. The maximum atomic E-state index is 13.0. The number of amides is 2. The van der Waals surface area contributed by atoms with Crippen molar-refractivity contribution in [3.8, 4) is 16.3 Å². The standard InChI is InChI=1S/C23H31N3O4S/c1-23(2,3)30-22(28)25(4)13-16-7-6-12-26(14-16)21(27)19-15-31-20(24-19)17-8-10-18(29-5)11-9-17/h8-11,15-16H,6-7,12-14H2,1-5H3. The van der Waals surface area contributed by atoms with E-state index in [9.17, 15) is 9.59 Å². The molecule has 2 aromatic rings. The first-order chi connectivity index (χ1) is 14.7. The third-order valence-electron chi connectivity index (χ3n) is 5.10. The zero-order valence-corrected chi connectivity index (χ0v) is 19.7. The van der Waals surface area contributed by atoms with Crippen LogP contribution in [0.15, 0.2) is 29.6 Å². The highest BCUT2D eigenvalue weighted by atomic mass is 32.1. The minimum absolute atomic E-state index is 0.0550. The molecule has 1 saturated heterocycles. The second-order valence-corrected chi connectivity index (χ2v) is 9.74. The van der Waals surface area contributed by atoms with Gasteiger partial charge in [0, 0.05) is 37.6 Å². The topological polar surface area (TPSA) is 72.0 Å². The third kappa shape index (κ3) is 6.19. The van der Waals surface area contributed by atoms with E-state index < -0.39 is 5.60 Å². The van der Waals surface area contributed by atoms with Gasteiger partial charge >= 0.3 is 6.09 Å². The summed E-state index contributed by atoms with van der Waals surface area (Å²) >= 11 is 1.46. The molecule has 0 aliphatic carbocycles. The molecule has 1 aliphatic heterocycles. The summed E-state index contributed by atoms with van der Waals surface area (Å²) in [5, 5.41) is 2.63. The van der Waals surface area contributed by atoms with Crippen LogP contribution in [0, 0.1) is 5.92 Å². The number of benzene rings is 1. The van der Waals surface area contributed by atoms with Crippen LogP contribution >= 0.6 is 11.3 Å². The van der Waals surface area contributed by atoms with E-state index >= 15 is 0 Å². The van der Waals surface area contributed by atoms with Gasteiger partial charge in [0.1, 0.15) is 22.1 Å². The number of piperidine rings is 1. The Kier molecular flexibility index (Phi) is 7.20. The number of hydrogen-bond donors (Lipinski definition) is 0. The van der Waals surface area contributed by atoms with Crippen LogP contribution in [-0.2, 0) is 4.74 Å². The maximum absolute atomic E-state index is 13.0. The van der Waals surface area contributed by atoms with Crippen LogP contribution in [0.2, 0.25) is 0 Å². The summed E-state index contributed by atoms with van der Waals surface area (Å²) in [7, 11) is 3.38. The number of thiazole rings is 1. The SMILES string of the molecule is COc1ccc(-c2nc(C(=O)N3CCCC(CN(C)C(=O)OC(C)(C)C)C3)cs2)cc1. The summed E-state index contributed by atoms with van der Waals surface area (Å²) < 4.78 is 10.6. The van der Waals surface area contributed by atoms with Crippen molar-refractivity contribution >= 4 is 23.3 Å². The number of rotatable bonds is 5. The molecule has 0 spiro atoms. The Bertz CT molecular complexity index is 904. The molecule has 1 atom stereocenters. The molecule has 8 heteroatoms. The fourth-order valence-electron chi connectivity index (χ4n) is 3.60. The molecule has 31 heavy (non-hydrogen) atoms. The molecule has 2 amide bonds. The number of hydrogen-bond acceptors (Lipinski definition) is 6. The van der Waals surface area contributed by atoms with Crippen molar-refractivity contribution in [3.05, 3.63) is 35.3 Å². The van der Waals surface area contributed by atoms with Crippen molar-refractivity contribution in [3.63, 3.8) is 0 Å². The van der Waals surface area contributed by atoms with Crippen LogP contribution in [0.1, 0.15) is 44.1 Å². The van der Waals surface area contributed by atoms with Crippen LogP contribution in [0.3, 0.4) is 0 Å². The lowest BCUT2D eigenvalue weighted by Crippen LogP contribution is -2.45. The number of ether oxygens (including phenoxy) is 2. The lowest BCUT2D eigenvalue weighted by Gasteiger charge is -2.34. The summed E-state index contributed by atoms with van der Waals surface area (Å²) in [6.45, 7) is 7.45. The summed E-state index contributed by atoms with van der Waals surface area (Å²) in [6, 6.07) is 7.65. The highest BCUT2D eigenvalue weighted by Crippen LogP contribution is 2.27. The first-order valence-electron chi connectivity index (χ1n) is 10.5. The van der Waals surface area contributed by atoms with Gasteiger partial charge in [-0.1, -0.05) is 0 Å². The van der Waals surface area contributed by atoms with Crippen molar-refractivity contribution in [1.29, 1.82) is 0 Å². The first kappa shape index (κ1) is 23.1. The van der Waals surface area contributed by atoms with E-state index in [1.54, 1.807) is 19.1 Å². The van der Waals surface area contributed by atoms with Crippen LogP contribution < -0.4 is 4.74 Å². The van der Waals surface area contributed by atoms with Gasteiger partial charge in [0.2, 0.25) is 0 Å². The van der Waals surface area contributed by atoms with E-state index in [4.69, 9.17) is 9.47 Å². The summed E-state index contributed by atoms with van der Waals surface area (Å²) in [4.78, 5) is 33.3. The number of carbonyl (C=O) groups excluding carboxylic acids is 2. The van der Waals surface area contributed by atoms with Gasteiger partial charge in [-0.2, -0.15) is 0 Å². The largest absolute Gasteiger partial charge is 0.497 e. The van der Waals surface area contributed by atoms with Crippen molar-refractivity contribution in [2.24, 2.45) is 5.92 Å². The Morgan fingerprint density at radius 3 is 2.61 bits per heavy atom. The van der Waals surface area contributed by atoms with Crippen molar-refractivity contribution in [1.82, 2.24) is 14.8 Å². The number of carbonyl (C=O) groups is 2. The average molecular weight is 446 g/mol. The van der Waals surface area contributed by atoms with Gasteiger partial charge in [0.15, 0.2) is 0 Å². The monoisotopic (exact) mass is 445 g/mol. The fraction of sp³-hybridized carbons (Fsp3) is 0.522. The van der Waals surface area contributed by atoms with E-state index in [1.807, 2.05) is 55.3 Å². The second kappa shape index (κ2) is 9.68. The first-order valence-corrected chi connectivity index (χ1v) is 11.4. The second-order valence-electron chi connectivity index (χ2n) is 8.89. The number of aromatic nitrogens is 1. The zero-order chi connectivity index (χ0) is 22.6. The minimum atomic E-state index is -0.522. The number of likely N-dealkylation sites (tertiary alicyclic amines) is 1. The van der Waals surface area contributed by atoms with Crippen LogP contribution in [-0.4, -0.2) is 66.2 Å². The molecule has 1 aliphatic rings. The zero-order valence-electron chi connectivity index (χ0n) is 18.9. The Morgan fingerprint density at radius 1 is 1.26 bits per heavy atom. The van der Waals surface area contributed by atoms with E-state index in [-0.39, 0.29) is 17.9 Å². The molecule has 1 aromatic carbocycles. The smallest absolute Gasteiger partial charge is 0.410 e. The van der Waals surface area contributed by atoms with Crippen molar-refractivity contribution < 1.29 is 19.1 Å². The Labute approximate surface area is 188 Å². The molecule has 0 radical (unpaired) electrons. The van der Waals surface area contributed by atoms with Crippen LogP contribution in [0.4, 0.5) is 4.79 Å². The van der Waals surface area contributed by atoms with Gasteiger partial charge < -0.3 is 19.3 Å². The van der Waals surface area contributed by atoms with Crippen molar-refractivity contribution in [2.45, 2.75) is 39.2 Å². The predicted molar refractivity (Wildman–Crippen MR) is 122 cm³/mol. The third-order valence-corrected chi connectivity index (χ3v) is 6.00. The minimum Gasteiger partial charge on any atom is -0.497 e. The van der Waals surface area contributed by atoms with Gasteiger partial charge in [0.25, 0.3) is 5.91 Å². The summed E-state index contributed by atoms with van der Waals surface area (Å²) in [6.07, 6.45) is 1.55. The lowest BCUT2D eigenvalue weighted by molar-refractivity contribution is 0.0244. The Hall–Kier alpha value is -2.61. The fourth-order valence-corrected chi connectivity index (χ4v) is 4.40. The molecule has 0 saturated carbocycles. The number of methoxy groups -OCH3 is 1. The molecule has 7 nitrogen and oxygen atoms in total. The molecule has 1 unspecified atom stereocenters. The van der Waals surface area contributed by atoms with E-state index in [0.717, 1.165) is 29.2 Å². The van der Waals surface area contributed by atoms with Crippen LogP contribution in [0.5, 0.6) is 5.75 Å². The normalized spacial score (nSPS) is 16.7. The molecular weight excluding hydrogens is 414 g/mol. The molecule has 168 valence electrons. The summed E-state index contributed by atoms with van der Waals surface area (Å²) in [5.74, 6) is 0.947. The Balaban J connectivity index is 1.60.